The fourth-order valence-corrected chi connectivity index (χ4v) is 2.21. The van der Waals surface area contributed by atoms with Crippen molar-refractivity contribution in [2.24, 2.45) is 11.7 Å². The molecule has 0 aliphatic heterocycles. The van der Waals surface area contributed by atoms with Crippen LogP contribution in [0.1, 0.15) is 38.7 Å². The summed E-state index contributed by atoms with van der Waals surface area (Å²) in [5.74, 6) is -0.586. The molecule has 0 aliphatic rings. The Morgan fingerprint density at radius 1 is 1.39 bits per heavy atom. The van der Waals surface area contributed by atoms with Crippen molar-refractivity contribution in [2.45, 2.75) is 45.1 Å². The molecule has 0 fully saturated rings. The van der Waals surface area contributed by atoms with Crippen LogP contribution in [-0.4, -0.2) is 16.6 Å². The van der Waals surface area contributed by atoms with Gasteiger partial charge >= 0.3 is 5.97 Å². The molecule has 3 N–H and O–H groups in total. The summed E-state index contributed by atoms with van der Waals surface area (Å²) in [4.78, 5) is 10.9. The van der Waals surface area contributed by atoms with Crippen LogP contribution in [0.15, 0.2) is 30.3 Å². The molecule has 100 valence electrons. The molecule has 2 atom stereocenters. The number of carbonyl (C=O) groups is 1. The van der Waals surface area contributed by atoms with Crippen LogP contribution in [0.25, 0.3) is 0 Å². The van der Waals surface area contributed by atoms with E-state index in [1.165, 1.54) is 5.56 Å². The Kier molecular flexibility index (Phi) is 5.35. The van der Waals surface area contributed by atoms with E-state index >= 15 is 0 Å². The number of nitrogens with two attached hydrogens (primary N) is 1. The average molecular weight is 249 g/mol. The minimum absolute atomic E-state index is 0.333. The highest BCUT2D eigenvalue weighted by Gasteiger charge is 2.29. The van der Waals surface area contributed by atoms with Gasteiger partial charge in [0.1, 0.15) is 5.54 Å². The maximum atomic E-state index is 10.9. The molecule has 0 spiro atoms. The lowest BCUT2D eigenvalue weighted by atomic mass is 9.87. The van der Waals surface area contributed by atoms with Crippen LogP contribution in [0.2, 0.25) is 0 Å². The van der Waals surface area contributed by atoms with E-state index in [-0.39, 0.29) is 0 Å². The largest absolute Gasteiger partial charge is 0.480 e. The molecular formula is C15H23NO2. The van der Waals surface area contributed by atoms with Gasteiger partial charge in [0, 0.05) is 0 Å². The van der Waals surface area contributed by atoms with Crippen LogP contribution in [0.5, 0.6) is 0 Å². The van der Waals surface area contributed by atoms with Gasteiger partial charge in [-0.15, -0.1) is 0 Å². The predicted octanol–water partition coefficient (Wildman–Crippen LogP) is 2.84. The molecule has 1 rings (SSSR count). The summed E-state index contributed by atoms with van der Waals surface area (Å²) >= 11 is 0. The maximum Gasteiger partial charge on any atom is 0.323 e. The number of aliphatic carboxylic acids is 1. The summed E-state index contributed by atoms with van der Waals surface area (Å²) < 4.78 is 0. The molecule has 1 aromatic rings. The van der Waals surface area contributed by atoms with Gasteiger partial charge in [-0.3, -0.25) is 4.79 Å². The SMILES string of the molecule is C[C@H](CCCc1ccccc1)C[C@@](C)(N)C(=O)O. The van der Waals surface area contributed by atoms with Crippen molar-refractivity contribution in [3.63, 3.8) is 0 Å². The van der Waals surface area contributed by atoms with Gasteiger partial charge < -0.3 is 10.8 Å². The zero-order valence-electron chi connectivity index (χ0n) is 11.2. The topological polar surface area (TPSA) is 63.3 Å². The van der Waals surface area contributed by atoms with Crippen molar-refractivity contribution in [3.8, 4) is 0 Å². The number of hydrogen-bond acceptors (Lipinski definition) is 2. The molecule has 0 saturated heterocycles. The molecule has 0 aliphatic carbocycles. The van der Waals surface area contributed by atoms with Crippen molar-refractivity contribution in [1.29, 1.82) is 0 Å². The van der Waals surface area contributed by atoms with Crippen LogP contribution in [0, 0.1) is 5.92 Å². The number of benzene rings is 1. The predicted molar refractivity (Wildman–Crippen MR) is 73.4 cm³/mol. The third-order valence-electron chi connectivity index (χ3n) is 3.27. The molecule has 3 nitrogen and oxygen atoms in total. The fraction of sp³-hybridized carbons (Fsp3) is 0.533. The van der Waals surface area contributed by atoms with E-state index in [1.54, 1.807) is 6.92 Å². The first-order valence-electron chi connectivity index (χ1n) is 6.48. The highest BCUT2D eigenvalue weighted by atomic mass is 16.4. The van der Waals surface area contributed by atoms with Gasteiger partial charge in [0.15, 0.2) is 0 Å². The van der Waals surface area contributed by atoms with Crippen molar-refractivity contribution >= 4 is 5.97 Å². The van der Waals surface area contributed by atoms with Gasteiger partial charge in [-0.25, -0.2) is 0 Å². The van der Waals surface area contributed by atoms with E-state index in [0.29, 0.717) is 12.3 Å². The summed E-state index contributed by atoms with van der Waals surface area (Å²) in [6, 6.07) is 10.3. The Hall–Kier alpha value is -1.35. The number of carboxylic acid groups (broad SMARTS) is 1. The summed E-state index contributed by atoms with van der Waals surface area (Å²) in [6.07, 6.45) is 3.65. The Labute approximate surface area is 109 Å². The lowest BCUT2D eigenvalue weighted by molar-refractivity contribution is -0.143. The highest BCUT2D eigenvalue weighted by Crippen LogP contribution is 2.20. The van der Waals surface area contributed by atoms with E-state index in [9.17, 15) is 4.79 Å². The average Bonchev–Trinajstić information content (AvgIpc) is 2.29. The molecule has 0 aromatic heterocycles. The minimum Gasteiger partial charge on any atom is -0.480 e. The van der Waals surface area contributed by atoms with Crippen molar-refractivity contribution in [3.05, 3.63) is 35.9 Å². The van der Waals surface area contributed by atoms with Gasteiger partial charge in [-0.2, -0.15) is 0 Å². The summed E-state index contributed by atoms with van der Waals surface area (Å²) in [5.41, 5.74) is 5.97. The molecule has 0 saturated carbocycles. The minimum atomic E-state index is -1.10. The molecule has 0 amide bonds. The standard InChI is InChI=1S/C15H23NO2/c1-12(11-15(2,16)14(17)18)7-6-10-13-8-4-3-5-9-13/h3-5,8-9,12H,6-7,10-11,16H2,1-2H3,(H,17,18)/t12-,15-/m1/s1. The zero-order chi connectivity index (χ0) is 13.6. The highest BCUT2D eigenvalue weighted by molar-refractivity contribution is 5.77. The Bertz CT molecular complexity index is 373. The van der Waals surface area contributed by atoms with Crippen molar-refractivity contribution < 1.29 is 9.90 Å². The first kappa shape index (κ1) is 14.7. The lowest BCUT2D eigenvalue weighted by Crippen LogP contribution is -2.46. The molecule has 0 radical (unpaired) electrons. The van der Waals surface area contributed by atoms with Gasteiger partial charge in [0.05, 0.1) is 0 Å². The summed E-state index contributed by atoms with van der Waals surface area (Å²) in [7, 11) is 0. The van der Waals surface area contributed by atoms with Gasteiger partial charge in [-0.1, -0.05) is 43.7 Å². The van der Waals surface area contributed by atoms with Crippen molar-refractivity contribution in [2.75, 3.05) is 0 Å². The molecule has 0 unspecified atom stereocenters. The van der Waals surface area contributed by atoms with Crippen molar-refractivity contribution in [1.82, 2.24) is 0 Å². The second-order valence-corrected chi connectivity index (χ2v) is 5.41. The number of rotatable bonds is 7. The van der Waals surface area contributed by atoms with Crippen LogP contribution >= 0.6 is 0 Å². The van der Waals surface area contributed by atoms with Crippen LogP contribution in [-0.2, 0) is 11.2 Å². The van der Waals surface area contributed by atoms with E-state index in [0.717, 1.165) is 19.3 Å². The van der Waals surface area contributed by atoms with Gasteiger partial charge in [0.25, 0.3) is 0 Å². The number of hydrogen-bond donors (Lipinski definition) is 2. The molecule has 18 heavy (non-hydrogen) atoms. The first-order valence-corrected chi connectivity index (χ1v) is 6.48. The van der Waals surface area contributed by atoms with E-state index in [4.69, 9.17) is 10.8 Å². The smallest absolute Gasteiger partial charge is 0.323 e. The van der Waals surface area contributed by atoms with Gasteiger partial charge in [-0.05, 0) is 37.7 Å². The quantitative estimate of drug-likeness (QED) is 0.781. The molecule has 1 aromatic carbocycles. The Balaban J connectivity index is 2.30. The van der Waals surface area contributed by atoms with E-state index in [2.05, 4.69) is 19.1 Å². The Morgan fingerprint density at radius 3 is 2.56 bits per heavy atom. The molecule has 0 bridgehead atoms. The van der Waals surface area contributed by atoms with Crippen LogP contribution in [0.3, 0.4) is 0 Å². The number of aryl methyl sites for hydroxylation is 1. The van der Waals surface area contributed by atoms with E-state index < -0.39 is 11.5 Å². The molecular weight excluding hydrogens is 226 g/mol. The summed E-state index contributed by atoms with van der Waals surface area (Å²) in [6.45, 7) is 3.65. The second kappa shape index (κ2) is 6.55. The van der Waals surface area contributed by atoms with E-state index in [1.807, 2.05) is 18.2 Å². The fourth-order valence-electron chi connectivity index (χ4n) is 2.21. The van der Waals surface area contributed by atoms with Gasteiger partial charge in [0.2, 0.25) is 0 Å². The maximum absolute atomic E-state index is 10.9. The lowest BCUT2D eigenvalue weighted by Gasteiger charge is -2.23. The summed E-state index contributed by atoms with van der Waals surface area (Å²) in [5, 5.41) is 8.97. The third-order valence-corrected chi connectivity index (χ3v) is 3.27. The van der Waals surface area contributed by atoms with Crippen LogP contribution in [0.4, 0.5) is 0 Å². The third kappa shape index (κ3) is 4.88. The van der Waals surface area contributed by atoms with Crippen LogP contribution < -0.4 is 5.73 Å². The number of carboxylic acids is 1. The normalized spacial score (nSPS) is 15.9. The Morgan fingerprint density at radius 2 is 2.00 bits per heavy atom. The monoisotopic (exact) mass is 249 g/mol. The second-order valence-electron chi connectivity index (χ2n) is 5.41. The zero-order valence-corrected chi connectivity index (χ0v) is 11.2. The first-order chi connectivity index (χ1) is 8.42. The molecule has 3 heteroatoms. The molecule has 0 heterocycles.